The summed E-state index contributed by atoms with van der Waals surface area (Å²) in [5.41, 5.74) is 3.62. The molecule has 1 amide bonds. The summed E-state index contributed by atoms with van der Waals surface area (Å²) < 4.78 is 0. The number of carbonyl (C=O) groups is 1. The highest BCUT2D eigenvalue weighted by atomic mass is 16.1. The van der Waals surface area contributed by atoms with Crippen LogP contribution in [0.15, 0.2) is 48.7 Å². The van der Waals surface area contributed by atoms with Crippen molar-refractivity contribution in [2.45, 2.75) is 19.9 Å². The molecule has 0 radical (unpaired) electrons. The molecule has 2 aromatic heterocycles. The molecule has 0 saturated carbocycles. The lowest BCUT2D eigenvalue weighted by Crippen LogP contribution is -2.24. The zero-order chi connectivity index (χ0) is 14.7. The summed E-state index contributed by atoms with van der Waals surface area (Å²) in [6.45, 7) is 2.53. The van der Waals surface area contributed by atoms with Crippen LogP contribution in [0.1, 0.15) is 28.7 Å². The second-order valence-electron chi connectivity index (χ2n) is 4.92. The largest absolute Gasteiger partial charge is 0.351 e. The summed E-state index contributed by atoms with van der Waals surface area (Å²) in [7, 11) is 0. The first-order chi connectivity index (χ1) is 10.3. The van der Waals surface area contributed by atoms with Crippen LogP contribution in [0.4, 0.5) is 0 Å². The zero-order valence-electron chi connectivity index (χ0n) is 11.9. The Hall–Kier alpha value is -2.62. The number of aromatic amines is 1. The van der Waals surface area contributed by atoms with E-state index in [0.29, 0.717) is 12.2 Å². The van der Waals surface area contributed by atoms with Crippen molar-refractivity contribution in [2.75, 3.05) is 0 Å². The first-order valence-electron chi connectivity index (χ1n) is 7.06. The molecule has 0 unspecified atom stereocenters. The van der Waals surface area contributed by atoms with Gasteiger partial charge in [0.05, 0.1) is 12.2 Å². The summed E-state index contributed by atoms with van der Waals surface area (Å²) >= 11 is 0. The van der Waals surface area contributed by atoms with Crippen LogP contribution < -0.4 is 5.32 Å². The van der Waals surface area contributed by atoms with Crippen molar-refractivity contribution < 1.29 is 4.79 Å². The SMILES string of the molecule is CCc1cccnc1CNC(=O)c1cc2ccccc2[nH]1. The third-order valence-electron chi connectivity index (χ3n) is 3.56. The molecule has 4 heteroatoms. The fourth-order valence-corrected chi connectivity index (χ4v) is 2.41. The van der Waals surface area contributed by atoms with Gasteiger partial charge in [0.25, 0.3) is 5.91 Å². The second-order valence-corrected chi connectivity index (χ2v) is 4.92. The molecular formula is C17H17N3O. The van der Waals surface area contributed by atoms with Crippen LogP contribution in [-0.4, -0.2) is 15.9 Å². The summed E-state index contributed by atoms with van der Waals surface area (Å²) in [5, 5.41) is 3.96. The van der Waals surface area contributed by atoms with Gasteiger partial charge in [-0.25, -0.2) is 0 Å². The Morgan fingerprint density at radius 2 is 2.10 bits per heavy atom. The number of nitrogens with one attached hydrogen (secondary N) is 2. The molecule has 0 atom stereocenters. The van der Waals surface area contributed by atoms with Crippen LogP contribution in [0.2, 0.25) is 0 Å². The van der Waals surface area contributed by atoms with Crippen LogP contribution in [0.25, 0.3) is 10.9 Å². The number of aryl methyl sites for hydroxylation is 1. The minimum atomic E-state index is -0.112. The summed E-state index contributed by atoms with van der Waals surface area (Å²) in [6, 6.07) is 13.7. The fourth-order valence-electron chi connectivity index (χ4n) is 2.41. The molecule has 4 nitrogen and oxygen atoms in total. The van der Waals surface area contributed by atoms with E-state index in [1.165, 1.54) is 0 Å². The van der Waals surface area contributed by atoms with Crippen LogP contribution >= 0.6 is 0 Å². The Bertz CT molecular complexity index is 743. The first kappa shape index (κ1) is 13.4. The summed E-state index contributed by atoms with van der Waals surface area (Å²) in [5.74, 6) is -0.112. The predicted molar refractivity (Wildman–Crippen MR) is 83.1 cm³/mol. The standard InChI is InChI=1S/C17H17N3O/c1-2-12-7-5-9-18-16(12)11-19-17(21)15-10-13-6-3-4-8-14(13)20-15/h3-10,20H,2,11H2,1H3,(H,19,21). The number of rotatable bonds is 4. The van der Waals surface area contributed by atoms with E-state index in [0.717, 1.165) is 28.6 Å². The van der Waals surface area contributed by atoms with Gasteiger partial charge < -0.3 is 10.3 Å². The molecule has 2 N–H and O–H groups in total. The Morgan fingerprint density at radius 3 is 2.90 bits per heavy atom. The maximum Gasteiger partial charge on any atom is 0.268 e. The minimum Gasteiger partial charge on any atom is -0.351 e. The monoisotopic (exact) mass is 279 g/mol. The maximum absolute atomic E-state index is 12.2. The lowest BCUT2D eigenvalue weighted by molar-refractivity contribution is 0.0946. The molecule has 0 spiro atoms. The van der Waals surface area contributed by atoms with Gasteiger partial charge in [-0.05, 0) is 30.2 Å². The van der Waals surface area contributed by atoms with E-state index >= 15 is 0 Å². The van der Waals surface area contributed by atoms with E-state index < -0.39 is 0 Å². The van der Waals surface area contributed by atoms with Crippen LogP contribution in [0, 0.1) is 0 Å². The molecule has 3 rings (SSSR count). The normalized spacial score (nSPS) is 10.7. The van der Waals surface area contributed by atoms with Gasteiger partial charge in [0.15, 0.2) is 0 Å². The molecule has 2 heterocycles. The third-order valence-corrected chi connectivity index (χ3v) is 3.56. The van der Waals surface area contributed by atoms with E-state index in [4.69, 9.17) is 0 Å². The van der Waals surface area contributed by atoms with E-state index in [1.54, 1.807) is 6.20 Å². The number of amides is 1. The number of benzene rings is 1. The molecule has 21 heavy (non-hydrogen) atoms. The van der Waals surface area contributed by atoms with Crippen molar-refractivity contribution in [1.82, 2.24) is 15.3 Å². The molecule has 106 valence electrons. The van der Waals surface area contributed by atoms with E-state index in [9.17, 15) is 4.79 Å². The average Bonchev–Trinajstić information content (AvgIpc) is 2.97. The highest BCUT2D eigenvalue weighted by Crippen LogP contribution is 2.14. The van der Waals surface area contributed by atoms with Gasteiger partial charge in [-0.2, -0.15) is 0 Å². The number of pyridine rings is 1. The van der Waals surface area contributed by atoms with Crippen molar-refractivity contribution in [1.29, 1.82) is 0 Å². The molecule has 0 aliphatic carbocycles. The van der Waals surface area contributed by atoms with Crippen LogP contribution in [0.5, 0.6) is 0 Å². The molecule has 0 aliphatic rings. The van der Waals surface area contributed by atoms with Gasteiger partial charge in [0.2, 0.25) is 0 Å². The number of para-hydroxylation sites is 1. The number of hydrogen-bond acceptors (Lipinski definition) is 2. The molecule has 1 aromatic carbocycles. The molecule has 3 aromatic rings. The molecule has 0 fully saturated rings. The molecule has 0 aliphatic heterocycles. The number of carbonyl (C=O) groups excluding carboxylic acids is 1. The van der Waals surface area contributed by atoms with Crippen molar-refractivity contribution in [2.24, 2.45) is 0 Å². The van der Waals surface area contributed by atoms with Gasteiger partial charge in [-0.1, -0.05) is 31.2 Å². The Kier molecular flexibility index (Phi) is 3.69. The second kappa shape index (κ2) is 5.79. The van der Waals surface area contributed by atoms with Crippen molar-refractivity contribution in [3.8, 4) is 0 Å². The number of H-pyrrole nitrogens is 1. The van der Waals surface area contributed by atoms with Gasteiger partial charge in [-0.3, -0.25) is 9.78 Å². The highest BCUT2D eigenvalue weighted by molar-refractivity contribution is 5.97. The van der Waals surface area contributed by atoms with Crippen molar-refractivity contribution >= 4 is 16.8 Å². The third kappa shape index (κ3) is 2.79. The van der Waals surface area contributed by atoms with E-state index in [1.807, 2.05) is 42.5 Å². The molecule has 0 bridgehead atoms. The smallest absolute Gasteiger partial charge is 0.268 e. The zero-order valence-corrected chi connectivity index (χ0v) is 11.9. The van der Waals surface area contributed by atoms with Gasteiger partial charge >= 0.3 is 0 Å². The van der Waals surface area contributed by atoms with E-state index in [2.05, 4.69) is 22.2 Å². The number of hydrogen-bond donors (Lipinski definition) is 2. The van der Waals surface area contributed by atoms with Gasteiger partial charge in [0.1, 0.15) is 5.69 Å². The highest BCUT2D eigenvalue weighted by Gasteiger charge is 2.10. The number of nitrogens with zero attached hydrogens (tertiary/aromatic N) is 1. The lowest BCUT2D eigenvalue weighted by atomic mass is 10.1. The number of fused-ring (bicyclic) bond motifs is 1. The lowest BCUT2D eigenvalue weighted by Gasteiger charge is -2.07. The predicted octanol–water partition coefficient (Wildman–Crippen LogP) is 3.06. The average molecular weight is 279 g/mol. The number of aromatic nitrogens is 2. The van der Waals surface area contributed by atoms with Crippen LogP contribution in [-0.2, 0) is 13.0 Å². The van der Waals surface area contributed by atoms with Crippen LogP contribution in [0.3, 0.4) is 0 Å². The molecular weight excluding hydrogens is 262 g/mol. The summed E-state index contributed by atoms with van der Waals surface area (Å²) in [6.07, 6.45) is 2.66. The summed E-state index contributed by atoms with van der Waals surface area (Å²) in [4.78, 5) is 19.7. The maximum atomic E-state index is 12.2. The minimum absolute atomic E-state index is 0.112. The Labute approximate surface area is 123 Å². The Morgan fingerprint density at radius 1 is 1.24 bits per heavy atom. The first-order valence-corrected chi connectivity index (χ1v) is 7.06. The molecule has 0 saturated heterocycles. The fraction of sp³-hybridized carbons (Fsp3) is 0.176. The van der Waals surface area contributed by atoms with Crippen molar-refractivity contribution in [3.63, 3.8) is 0 Å². The quantitative estimate of drug-likeness (QED) is 0.771. The van der Waals surface area contributed by atoms with Crippen molar-refractivity contribution in [3.05, 3.63) is 65.6 Å². The van der Waals surface area contributed by atoms with Gasteiger partial charge in [-0.15, -0.1) is 0 Å². The Balaban J connectivity index is 1.74. The van der Waals surface area contributed by atoms with E-state index in [-0.39, 0.29) is 5.91 Å². The topological polar surface area (TPSA) is 57.8 Å². The van der Waals surface area contributed by atoms with Gasteiger partial charge in [0, 0.05) is 17.1 Å².